The van der Waals surface area contributed by atoms with Crippen molar-refractivity contribution in [2.75, 3.05) is 0 Å². The first-order valence-corrected chi connectivity index (χ1v) is 33.6. The third-order valence-corrected chi connectivity index (χ3v) is 38.7. The normalized spacial score (nSPS) is 12.3. The van der Waals surface area contributed by atoms with Crippen LogP contribution in [0.4, 0.5) is 0 Å². The van der Waals surface area contributed by atoms with Gasteiger partial charge in [-0.15, -0.1) is 0 Å². The molecule has 1 heterocycles. The van der Waals surface area contributed by atoms with Gasteiger partial charge in [0.2, 0.25) is 0 Å². The van der Waals surface area contributed by atoms with Gasteiger partial charge < -0.3 is 0 Å². The van der Waals surface area contributed by atoms with Crippen molar-refractivity contribution in [2.24, 2.45) is 0 Å². The summed E-state index contributed by atoms with van der Waals surface area (Å²) in [5, 5.41) is 12.5. The van der Waals surface area contributed by atoms with E-state index in [1.807, 2.05) is 0 Å². The van der Waals surface area contributed by atoms with Crippen molar-refractivity contribution in [3.8, 4) is 11.1 Å². The van der Waals surface area contributed by atoms with E-state index in [9.17, 15) is 22.5 Å². The minimum atomic E-state index is -2.97. The van der Waals surface area contributed by atoms with Gasteiger partial charge in [-0.05, 0) is 94.4 Å². The smallest absolute Gasteiger partial charge is 0.0622 e. The minimum Gasteiger partial charge on any atom is -0.0622 e. The van der Waals surface area contributed by atoms with Crippen molar-refractivity contribution in [3.63, 3.8) is 0 Å². The maximum atomic E-state index is 9.27. The zero-order valence-electron chi connectivity index (χ0n) is 38.9. The van der Waals surface area contributed by atoms with Crippen LogP contribution in [0, 0.1) is 9.07 Å². The van der Waals surface area contributed by atoms with Crippen molar-refractivity contribution in [1.82, 2.24) is 0 Å². The Bertz CT molecular complexity index is 3440. The molecule has 0 saturated carbocycles. The monoisotopic (exact) mass is 1040 g/mol. The third-order valence-electron chi connectivity index (χ3n) is 13.5. The largest absolute Gasteiger partial charge is 0.152 e. The van der Waals surface area contributed by atoms with Crippen LogP contribution in [0.2, 0.25) is 0 Å². The molecule has 344 valence electrons. The van der Waals surface area contributed by atoms with Gasteiger partial charge in [0.05, 0.1) is 4.40 Å². The number of hydrogen-bond donors (Lipinski definition) is 0. The van der Waals surface area contributed by atoms with E-state index in [0.717, 1.165) is 5.56 Å². The van der Waals surface area contributed by atoms with Crippen molar-refractivity contribution in [1.29, 1.82) is 0 Å². The molecule has 71 heavy (non-hydrogen) atoms. The molecule has 2 unspecified atom stereocenters. The highest BCUT2D eigenvalue weighted by Gasteiger charge is 2.53. The molecular formula is C64H50Cl2P5+. The highest BCUT2D eigenvalue weighted by molar-refractivity contribution is 8.13. The second-order valence-corrected chi connectivity index (χ2v) is 34.0. The molecule has 0 fully saturated rings. The molecule has 0 amide bonds. The van der Waals surface area contributed by atoms with Gasteiger partial charge in [0.25, 0.3) is 0 Å². The zero-order chi connectivity index (χ0) is 48.1. The molecule has 0 aliphatic rings. The summed E-state index contributed by atoms with van der Waals surface area (Å²) in [6.07, 6.45) is 0. The summed E-state index contributed by atoms with van der Waals surface area (Å²) in [7, 11) is -2.97. The van der Waals surface area contributed by atoms with E-state index >= 15 is 0 Å². The first-order chi connectivity index (χ1) is 35.1. The summed E-state index contributed by atoms with van der Waals surface area (Å²) < 4.78 is 2.52. The molecule has 2 atom stereocenters. The SMILES string of the molecule is Clp1c([P+](c2ccccc2)(c2ccccc2)c2ccccc2)c(-c2ccccc2)c(=P(c2ccccc2)(c2ccccc2)c2ccccc2)p(Cl)c1=P(c1ccccc1)(c1ccccc1)c1ccccc1. The van der Waals surface area contributed by atoms with Gasteiger partial charge in [-0.1, -0.05) is 289 Å². The molecule has 0 aliphatic heterocycles. The number of rotatable bonds is 11. The third kappa shape index (κ3) is 8.17. The number of benzene rings is 10. The number of hydrogen-bond acceptors (Lipinski definition) is 0. The molecule has 0 spiro atoms. The van der Waals surface area contributed by atoms with Crippen LogP contribution in [0.1, 0.15) is 0 Å². The van der Waals surface area contributed by atoms with Crippen LogP contribution in [-0.4, -0.2) is 0 Å². The quantitative estimate of drug-likeness (QED) is 0.113. The van der Waals surface area contributed by atoms with Crippen LogP contribution >= 0.6 is 57.3 Å². The van der Waals surface area contributed by atoms with E-state index in [4.69, 9.17) is 0 Å². The molecule has 0 nitrogen and oxygen atoms in total. The zero-order valence-corrected chi connectivity index (χ0v) is 44.8. The van der Waals surface area contributed by atoms with Crippen LogP contribution in [0.15, 0.2) is 303 Å². The fourth-order valence-corrected chi connectivity index (χ4v) is 41.8. The molecule has 0 bridgehead atoms. The maximum absolute atomic E-state index is 9.27. The van der Waals surface area contributed by atoms with Crippen LogP contribution in [0.3, 0.4) is 0 Å². The standard InChI is InChI=1S/C64H50Cl2P5/c65-67-62(69(52-33-13-2-14-34-52,53-35-15-3-16-36-53)54-37-17-4-18-38-54)61(51-31-11-1-12-32-51)63(70(55-39-19-5-20-40-55,56-41-21-6-22-42-56)57-43-23-7-24-44-57)68(66)64(67)71(58-45-25-8-26-46-58,59-47-27-9-28-48-59)60-49-29-10-30-50-60/h1-50H/q+1. The summed E-state index contributed by atoms with van der Waals surface area (Å²) in [5.41, 5.74) is 2.32. The summed E-state index contributed by atoms with van der Waals surface area (Å²) in [6.45, 7) is -9.42. The van der Waals surface area contributed by atoms with Crippen LogP contribution in [0.25, 0.3) is 11.1 Å². The Hall–Kier alpha value is -5.85. The molecule has 11 aromatic rings. The summed E-state index contributed by atoms with van der Waals surface area (Å²) in [4.78, 5) is 0. The predicted molar refractivity (Wildman–Crippen MR) is 321 cm³/mol. The van der Waals surface area contributed by atoms with Gasteiger partial charge in [0.15, 0.2) is 5.04 Å². The fraction of sp³-hybridized carbons (Fsp3) is 0. The molecule has 0 N–H and O–H groups in total. The first-order valence-electron chi connectivity index (χ1n) is 23.8. The first kappa shape index (κ1) is 47.5. The highest BCUT2D eigenvalue weighted by Crippen LogP contribution is 2.71. The van der Waals surface area contributed by atoms with Gasteiger partial charge in [-0.2, -0.15) is 0 Å². The lowest BCUT2D eigenvalue weighted by Crippen LogP contribution is -2.39. The molecule has 0 aliphatic carbocycles. The predicted octanol–water partition coefficient (Wildman–Crippen LogP) is 15.0. The Morgan fingerprint density at radius 3 is 0.789 bits per heavy atom. The lowest BCUT2D eigenvalue weighted by molar-refractivity contribution is 1.67. The van der Waals surface area contributed by atoms with Crippen molar-refractivity contribution in [3.05, 3.63) is 312 Å². The molecule has 0 saturated heterocycles. The molecule has 10 aromatic carbocycles. The lowest BCUT2D eigenvalue weighted by atomic mass is 10.1. The molecule has 7 heteroatoms. The average molecular weight is 1040 g/mol. The van der Waals surface area contributed by atoms with Gasteiger partial charge in [0.1, 0.15) is 23.2 Å². The van der Waals surface area contributed by atoms with Gasteiger partial charge >= 0.3 is 0 Å². The lowest BCUT2D eigenvalue weighted by Gasteiger charge is -2.36. The van der Waals surface area contributed by atoms with E-state index in [1.54, 1.807) is 0 Å². The minimum absolute atomic E-state index is 1.13. The Labute approximate surface area is 430 Å². The van der Waals surface area contributed by atoms with Crippen LogP contribution in [0.5, 0.6) is 0 Å². The highest BCUT2D eigenvalue weighted by atomic mass is 35.7. The Morgan fingerprint density at radius 2 is 0.507 bits per heavy atom. The van der Waals surface area contributed by atoms with E-state index in [0.29, 0.717) is 0 Å². The van der Waals surface area contributed by atoms with Crippen molar-refractivity contribution >= 4 is 110 Å². The molecular weight excluding hydrogens is 994 g/mol. The summed E-state index contributed by atoms with van der Waals surface area (Å²) >= 11 is 18.5. The van der Waals surface area contributed by atoms with Gasteiger partial charge in [-0.3, -0.25) is 0 Å². The van der Waals surface area contributed by atoms with Crippen LogP contribution in [-0.2, 0) is 0 Å². The topological polar surface area (TPSA) is 0 Å². The van der Waals surface area contributed by atoms with E-state index in [-0.39, 0.29) is 0 Å². The Kier molecular flexibility index (Phi) is 14.1. The maximum Gasteiger partial charge on any atom is 0.152 e. The van der Waals surface area contributed by atoms with E-state index < -0.39 is 34.8 Å². The van der Waals surface area contributed by atoms with Gasteiger partial charge in [0, 0.05) is 17.1 Å². The van der Waals surface area contributed by atoms with E-state index in [1.165, 1.54) is 67.4 Å². The van der Waals surface area contributed by atoms with Crippen molar-refractivity contribution < 1.29 is 0 Å². The summed E-state index contributed by atoms with van der Waals surface area (Å²) in [6, 6.07) is 113. The Morgan fingerprint density at radius 1 is 0.268 bits per heavy atom. The number of halogens is 2. The Balaban J connectivity index is 1.66. The second-order valence-electron chi connectivity index (χ2n) is 17.3. The van der Waals surface area contributed by atoms with Gasteiger partial charge in [-0.25, -0.2) is 0 Å². The second kappa shape index (κ2) is 21.1. The fourth-order valence-electron chi connectivity index (χ4n) is 10.6. The van der Waals surface area contributed by atoms with E-state index in [2.05, 4.69) is 303 Å². The van der Waals surface area contributed by atoms with Crippen molar-refractivity contribution in [2.45, 2.75) is 0 Å². The average Bonchev–Trinajstić information content (AvgIpc) is 3.46. The molecule has 0 radical (unpaired) electrons. The summed E-state index contributed by atoms with van der Waals surface area (Å²) in [5.74, 6) is 0. The van der Waals surface area contributed by atoms with Crippen LogP contribution < -0.4 is 52.8 Å². The molecule has 1 aromatic heterocycles. The molecule has 11 rings (SSSR count).